The van der Waals surface area contributed by atoms with Crippen LogP contribution < -0.4 is 5.43 Å². The van der Waals surface area contributed by atoms with Gasteiger partial charge in [0.05, 0.1) is 28.6 Å². The molecule has 9 heteroatoms. The van der Waals surface area contributed by atoms with Gasteiger partial charge in [-0.05, 0) is 12.1 Å². The smallest absolute Gasteiger partial charge is 0.119 e. The average molecular weight is 339 g/mol. The van der Waals surface area contributed by atoms with E-state index < -0.39 is 31.0 Å². The first kappa shape index (κ1) is 18.1. The lowest BCUT2D eigenvalue weighted by atomic mass is 10.0. The molecule has 118 valence electrons. The lowest BCUT2D eigenvalue weighted by Gasteiger charge is -2.23. The van der Waals surface area contributed by atoms with Crippen LogP contribution in [0.5, 0.6) is 0 Å². The Morgan fingerprint density at radius 1 is 1.14 bits per heavy atom. The molecule has 0 aliphatic rings. The molecular formula is C12H16Cl2N2O5. The predicted molar refractivity (Wildman–Crippen MR) is 79.7 cm³/mol. The molecule has 0 unspecified atom stereocenters. The lowest BCUT2D eigenvalue weighted by molar-refractivity contribution is -0.0999. The van der Waals surface area contributed by atoms with Crippen LogP contribution in [0.4, 0.5) is 5.69 Å². The Morgan fingerprint density at radius 3 is 2.43 bits per heavy atom. The molecule has 7 nitrogen and oxygen atoms in total. The van der Waals surface area contributed by atoms with Crippen molar-refractivity contribution in [3.63, 3.8) is 0 Å². The highest BCUT2D eigenvalue weighted by Gasteiger charge is 2.29. The fraction of sp³-hybridized carbons (Fsp3) is 0.417. The van der Waals surface area contributed by atoms with E-state index in [1.807, 2.05) is 0 Å². The van der Waals surface area contributed by atoms with Crippen molar-refractivity contribution in [3.8, 4) is 0 Å². The third-order valence-electron chi connectivity index (χ3n) is 2.64. The number of rotatable bonds is 7. The SMILES string of the molecule is OC[C@@H](O)[C@@H](O)[C@H](O)[C@H](O)C=NNc1cccc(Cl)c1Cl. The van der Waals surface area contributed by atoms with Gasteiger partial charge < -0.3 is 25.5 Å². The highest BCUT2D eigenvalue weighted by atomic mass is 35.5. The molecule has 0 saturated heterocycles. The summed E-state index contributed by atoms with van der Waals surface area (Å²) in [6, 6.07) is 4.82. The monoisotopic (exact) mass is 338 g/mol. The van der Waals surface area contributed by atoms with Crippen molar-refractivity contribution < 1.29 is 25.5 Å². The van der Waals surface area contributed by atoms with Crippen LogP contribution in [0, 0.1) is 0 Å². The molecule has 0 heterocycles. The second-order valence-corrected chi connectivity index (χ2v) is 5.00. The number of hydrazone groups is 1. The van der Waals surface area contributed by atoms with Crippen molar-refractivity contribution in [3.05, 3.63) is 28.2 Å². The number of aliphatic hydroxyl groups is 5. The molecule has 4 atom stereocenters. The molecule has 21 heavy (non-hydrogen) atoms. The number of nitrogens with zero attached hydrogens (tertiary/aromatic N) is 1. The summed E-state index contributed by atoms with van der Waals surface area (Å²) in [6.07, 6.45) is -5.65. The van der Waals surface area contributed by atoms with Crippen LogP contribution in [0.1, 0.15) is 0 Å². The molecule has 0 aliphatic carbocycles. The zero-order valence-electron chi connectivity index (χ0n) is 10.8. The van der Waals surface area contributed by atoms with Crippen molar-refractivity contribution in [2.45, 2.75) is 24.4 Å². The van der Waals surface area contributed by atoms with E-state index in [-0.39, 0.29) is 5.02 Å². The van der Waals surface area contributed by atoms with Gasteiger partial charge in [0.1, 0.15) is 24.4 Å². The van der Waals surface area contributed by atoms with E-state index in [9.17, 15) is 15.3 Å². The number of halogens is 2. The Labute approximate surface area is 131 Å². The van der Waals surface area contributed by atoms with Gasteiger partial charge >= 0.3 is 0 Å². The Bertz CT molecular complexity index is 489. The highest BCUT2D eigenvalue weighted by Crippen LogP contribution is 2.29. The summed E-state index contributed by atoms with van der Waals surface area (Å²) < 4.78 is 0. The fourth-order valence-electron chi connectivity index (χ4n) is 1.40. The summed E-state index contributed by atoms with van der Waals surface area (Å²) in [5.74, 6) is 0. The Morgan fingerprint density at radius 2 is 1.81 bits per heavy atom. The largest absolute Gasteiger partial charge is 0.394 e. The van der Waals surface area contributed by atoms with Gasteiger partial charge in [-0.3, -0.25) is 5.43 Å². The summed E-state index contributed by atoms with van der Waals surface area (Å²) in [7, 11) is 0. The van der Waals surface area contributed by atoms with E-state index in [2.05, 4.69) is 10.5 Å². The molecule has 0 radical (unpaired) electrons. The average Bonchev–Trinajstić information content (AvgIpc) is 2.48. The normalized spacial score (nSPS) is 17.5. The third-order valence-corrected chi connectivity index (χ3v) is 3.46. The van der Waals surface area contributed by atoms with Crippen molar-refractivity contribution in [2.24, 2.45) is 5.10 Å². The van der Waals surface area contributed by atoms with E-state index in [1.165, 1.54) is 0 Å². The molecule has 1 aromatic carbocycles. The fourth-order valence-corrected chi connectivity index (χ4v) is 1.74. The van der Waals surface area contributed by atoms with E-state index >= 15 is 0 Å². The van der Waals surface area contributed by atoms with Gasteiger partial charge in [-0.1, -0.05) is 29.3 Å². The number of hydrogen-bond donors (Lipinski definition) is 6. The zero-order chi connectivity index (χ0) is 16.0. The molecule has 1 rings (SSSR count). The maximum Gasteiger partial charge on any atom is 0.119 e. The van der Waals surface area contributed by atoms with Crippen LogP contribution >= 0.6 is 23.2 Å². The summed E-state index contributed by atoms with van der Waals surface area (Å²) in [6.45, 7) is -0.752. The minimum Gasteiger partial charge on any atom is -0.394 e. The van der Waals surface area contributed by atoms with E-state index in [0.717, 1.165) is 6.21 Å². The van der Waals surface area contributed by atoms with Gasteiger partial charge in [0.2, 0.25) is 0 Å². The van der Waals surface area contributed by atoms with Gasteiger partial charge in [-0.15, -0.1) is 0 Å². The van der Waals surface area contributed by atoms with Gasteiger partial charge in [0.25, 0.3) is 0 Å². The Balaban J connectivity index is 2.62. The number of anilines is 1. The first-order valence-electron chi connectivity index (χ1n) is 5.94. The molecule has 0 aromatic heterocycles. The molecule has 1 aromatic rings. The molecule has 0 fully saturated rings. The van der Waals surface area contributed by atoms with Crippen molar-refractivity contribution in [1.29, 1.82) is 0 Å². The second-order valence-electron chi connectivity index (χ2n) is 4.21. The quantitative estimate of drug-likeness (QED) is 0.303. The summed E-state index contributed by atoms with van der Waals surface area (Å²) in [5, 5.41) is 50.5. The molecule has 0 bridgehead atoms. The second kappa shape index (κ2) is 8.50. The molecule has 0 spiro atoms. The van der Waals surface area contributed by atoms with Crippen LogP contribution in [-0.2, 0) is 0 Å². The maximum atomic E-state index is 9.58. The molecule has 0 aliphatic heterocycles. The topological polar surface area (TPSA) is 126 Å². The van der Waals surface area contributed by atoms with E-state index in [4.69, 9.17) is 33.4 Å². The summed E-state index contributed by atoms with van der Waals surface area (Å²) in [4.78, 5) is 0. The predicted octanol–water partition coefficient (Wildman–Crippen LogP) is -0.173. The molecule has 6 N–H and O–H groups in total. The number of nitrogens with one attached hydrogen (secondary N) is 1. The number of hydrogen-bond acceptors (Lipinski definition) is 7. The number of benzene rings is 1. The first-order valence-corrected chi connectivity index (χ1v) is 6.70. The van der Waals surface area contributed by atoms with Crippen LogP contribution in [0.15, 0.2) is 23.3 Å². The molecule has 0 amide bonds. The summed E-state index contributed by atoms with van der Waals surface area (Å²) >= 11 is 11.7. The Kier molecular flexibility index (Phi) is 7.33. The third kappa shape index (κ3) is 5.08. The van der Waals surface area contributed by atoms with Gasteiger partial charge in [0.15, 0.2) is 0 Å². The molecular weight excluding hydrogens is 323 g/mol. The standard InChI is InChI=1S/C12H16Cl2N2O5/c13-6-2-1-3-7(10(6)14)16-15-4-8(18)11(20)12(21)9(19)5-17/h1-4,8-9,11-12,16-21H,5H2/t8-,9-,11-,12-/m1/s1. The summed E-state index contributed by atoms with van der Waals surface area (Å²) in [5.41, 5.74) is 2.90. The van der Waals surface area contributed by atoms with E-state index in [1.54, 1.807) is 18.2 Å². The zero-order valence-corrected chi connectivity index (χ0v) is 12.3. The molecule has 0 saturated carbocycles. The van der Waals surface area contributed by atoms with Gasteiger partial charge in [0, 0.05) is 0 Å². The van der Waals surface area contributed by atoms with Crippen LogP contribution in [-0.4, -0.2) is 62.8 Å². The van der Waals surface area contributed by atoms with Crippen LogP contribution in [0.2, 0.25) is 10.0 Å². The number of aliphatic hydroxyl groups excluding tert-OH is 5. The lowest BCUT2D eigenvalue weighted by Crippen LogP contribution is -2.46. The van der Waals surface area contributed by atoms with Crippen LogP contribution in [0.25, 0.3) is 0 Å². The van der Waals surface area contributed by atoms with Gasteiger partial charge in [-0.25, -0.2) is 0 Å². The van der Waals surface area contributed by atoms with Crippen molar-refractivity contribution in [1.82, 2.24) is 0 Å². The minimum atomic E-state index is -1.72. The van der Waals surface area contributed by atoms with Gasteiger partial charge in [-0.2, -0.15) is 5.10 Å². The first-order chi connectivity index (χ1) is 9.88. The Hall–Kier alpha value is -0.930. The van der Waals surface area contributed by atoms with Crippen molar-refractivity contribution >= 4 is 35.1 Å². The highest BCUT2D eigenvalue weighted by molar-refractivity contribution is 6.43. The van der Waals surface area contributed by atoms with Crippen molar-refractivity contribution in [2.75, 3.05) is 12.0 Å². The minimum absolute atomic E-state index is 0.238. The van der Waals surface area contributed by atoms with Crippen LogP contribution in [0.3, 0.4) is 0 Å². The maximum absolute atomic E-state index is 9.58. The van der Waals surface area contributed by atoms with E-state index in [0.29, 0.717) is 10.7 Å².